The van der Waals surface area contributed by atoms with Crippen molar-refractivity contribution in [2.75, 3.05) is 12.4 Å². The molecule has 0 aromatic rings. The van der Waals surface area contributed by atoms with Crippen molar-refractivity contribution in [1.82, 2.24) is 0 Å². The molecular formula is C11H16O2S. The van der Waals surface area contributed by atoms with E-state index in [2.05, 4.69) is 6.08 Å². The van der Waals surface area contributed by atoms with Gasteiger partial charge in [-0.05, 0) is 38.0 Å². The Kier molecular flexibility index (Phi) is 5.45. The summed E-state index contributed by atoms with van der Waals surface area (Å²) >= 11 is 1.59. The van der Waals surface area contributed by atoms with Gasteiger partial charge in [0.1, 0.15) is 0 Å². The van der Waals surface area contributed by atoms with Crippen LogP contribution < -0.4 is 0 Å². The van der Waals surface area contributed by atoms with Crippen LogP contribution in [0.25, 0.3) is 0 Å². The van der Waals surface area contributed by atoms with Crippen LogP contribution in [-0.4, -0.2) is 18.3 Å². The van der Waals surface area contributed by atoms with E-state index in [1.807, 2.05) is 19.1 Å². The van der Waals surface area contributed by atoms with Gasteiger partial charge in [0, 0.05) is 0 Å². The van der Waals surface area contributed by atoms with E-state index in [1.165, 1.54) is 6.42 Å². The fourth-order valence-corrected chi connectivity index (χ4v) is 2.10. The third-order valence-electron chi connectivity index (χ3n) is 1.88. The highest BCUT2D eigenvalue weighted by molar-refractivity contribution is 8.03. The first kappa shape index (κ1) is 11.4. The Hall–Kier alpha value is -0.700. The van der Waals surface area contributed by atoms with Crippen LogP contribution in [0.5, 0.6) is 0 Å². The Bertz CT molecular complexity index is 244. The standard InChI is InChI=1S/C11H16O2S/c1-2-13-11(12)10-8-6-4-3-5-7-9-14-10/h4,6,8H,2-3,5,7,9H2,1H3/b6-4-,10-8-. The third-order valence-corrected chi connectivity index (χ3v) is 2.99. The summed E-state index contributed by atoms with van der Waals surface area (Å²) in [6.07, 6.45) is 9.37. The monoisotopic (exact) mass is 212 g/mol. The molecule has 0 bridgehead atoms. The van der Waals surface area contributed by atoms with Crippen molar-refractivity contribution in [3.8, 4) is 0 Å². The Morgan fingerprint density at radius 2 is 2.43 bits per heavy atom. The van der Waals surface area contributed by atoms with Crippen molar-refractivity contribution >= 4 is 17.7 Å². The van der Waals surface area contributed by atoms with Crippen molar-refractivity contribution in [2.24, 2.45) is 0 Å². The molecular weight excluding hydrogens is 196 g/mol. The first-order valence-corrected chi connectivity index (χ1v) is 6.00. The highest BCUT2D eigenvalue weighted by atomic mass is 32.2. The van der Waals surface area contributed by atoms with E-state index in [0.717, 1.165) is 23.5 Å². The number of hydrogen-bond donors (Lipinski definition) is 0. The van der Waals surface area contributed by atoms with E-state index in [4.69, 9.17) is 4.74 Å². The Labute approximate surface area is 89.4 Å². The predicted molar refractivity (Wildman–Crippen MR) is 60.2 cm³/mol. The Balaban J connectivity index is 2.58. The lowest BCUT2D eigenvalue weighted by atomic mass is 10.2. The smallest absolute Gasteiger partial charge is 0.344 e. The molecule has 14 heavy (non-hydrogen) atoms. The molecule has 2 nitrogen and oxygen atoms in total. The number of hydrogen-bond acceptors (Lipinski definition) is 3. The molecule has 0 aromatic heterocycles. The molecule has 0 aliphatic carbocycles. The number of thioether (sulfide) groups is 1. The zero-order chi connectivity index (χ0) is 10.2. The van der Waals surface area contributed by atoms with Crippen LogP contribution in [0.15, 0.2) is 23.1 Å². The zero-order valence-electron chi connectivity index (χ0n) is 8.49. The molecule has 0 radical (unpaired) electrons. The number of rotatable bonds is 2. The molecule has 0 aromatic carbocycles. The summed E-state index contributed by atoms with van der Waals surface area (Å²) in [5.41, 5.74) is 0. The zero-order valence-corrected chi connectivity index (χ0v) is 9.31. The minimum absolute atomic E-state index is 0.191. The lowest BCUT2D eigenvalue weighted by molar-refractivity contribution is -0.137. The molecule has 0 spiro atoms. The van der Waals surface area contributed by atoms with Crippen LogP contribution in [-0.2, 0) is 9.53 Å². The summed E-state index contributed by atoms with van der Waals surface area (Å²) in [5, 5.41) is 0. The second-order valence-corrected chi connectivity index (χ2v) is 4.16. The molecule has 1 aliphatic heterocycles. The second-order valence-electron chi connectivity index (χ2n) is 3.02. The summed E-state index contributed by atoms with van der Waals surface area (Å²) in [7, 11) is 0. The minimum atomic E-state index is -0.191. The first-order chi connectivity index (χ1) is 6.84. The van der Waals surface area contributed by atoms with E-state index in [1.54, 1.807) is 11.8 Å². The van der Waals surface area contributed by atoms with Crippen LogP contribution in [0.1, 0.15) is 26.2 Å². The van der Waals surface area contributed by atoms with Gasteiger partial charge in [-0.2, -0.15) is 0 Å². The normalized spacial score (nSPS) is 23.6. The van der Waals surface area contributed by atoms with Crippen molar-refractivity contribution in [2.45, 2.75) is 26.2 Å². The molecule has 78 valence electrons. The number of allylic oxidation sites excluding steroid dienone is 3. The maximum atomic E-state index is 11.4. The molecule has 0 saturated heterocycles. The Morgan fingerprint density at radius 1 is 1.57 bits per heavy atom. The lowest BCUT2D eigenvalue weighted by Gasteiger charge is -2.04. The van der Waals surface area contributed by atoms with Gasteiger partial charge in [0.15, 0.2) is 0 Å². The van der Waals surface area contributed by atoms with Gasteiger partial charge in [-0.15, -0.1) is 11.8 Å². The molecule has 0 fully saturated rings. The fraction of sp³-hybridized carbons (Fsp3) is 0.545. The Morgan fingerprint density at radius 3 is 3.21 bits per heavy atom. The van der Waals surface area contributed by atoms with E-state index in [-0.39, 0.29) is 5.97 Å². The molecule has 0 atom stereocenters. The number of esters is 1. The average Bonchev–Trinajstić information content (AvgIpc) is 2.30. The topological polar surface area (TPSA) is 26.3 Å². The van der Waals surface area contributed by atoms with Crippen LogP contribution in [0, 0.1) is 0 Å². The van der Waals surface area contributed by atoms with E-state index < -0.39 is 0 Å². The van der Waals surface area contributed by atoms with Gasteiger partial charge in [0.25, 0.3) is 0 Å². The van der Waals surface area contributed by atoms with E-state index >= 15 is 0 Å². The van der Waals surface area contributed by atoms with Gasteiger partial charge in [-0.25, -0.2) is 4.79 Å². The van der Waals surface area contributed by atoms with Crippen LogP contribution in [0.4, 0.5) is 0 Å². The van der Waals surface area contributed by atoms with Crippen LogP contribution >= 0.6 is 11.8 Å². The quantitative estimate of drug-likeness (QED) is 0.658. The molecule has 1 aliphatic rings. The summed E-state index contributed by atoms with van der Waals surface area (Å²) < 4.78 is 4.96. The highest BCUT2D eigenvalue weighted by Crippen LogP contribution is 2.21. The molecule has 0 unspecified atom stereocenters. The van der Waals surface area contributed by atoms with Gasteiger partial charge in [0.05, 0.1) is 11.5 Å². The van der Waals surface area contributed by atoms with Gasteiger partial charge in [-0.1, -0.05) is 12.2 Å². The van der Waals surface area contributed by atoms with Gasteiger partial charge in [0.2, 0.25) is 0 Å². The molecule has 1 heterocycles. The van der Waals surface area contributed by atoms with Gasteiger partial charge < -0.3 is 4.74 Å². The highest BCUT2D eigenvalue weighted by Gasteiger charge is 2.10. The van der Waals surface area contributed by atoms with E-state index in [0.29, 0.717) is 6.61 Å². The van der Waals surface area contributed by atoms with Gasteiger partial charge in [-0.3, -0.25) is 0 Å². The predicted octanol–water partition coefficient (Wildman–Crippen LogP) is 2.91. The fourth-order valence-electron chi connectivity index (χ4n) is 1.18. The van der Waals surface area contributed by atoms with Crippen molar-refractivity contribution in [1.29, 1.82) is 0 Å². The largest absolute Gasteiger partial charge is 0.462 e. The van der Waals surface area contributed by atoms with Crippen molar-refractivity contribution < 1.29 is 9.53 Å². The SMILES string of the molecule is CCOC(=O)/C1=C/C=C\CCCCS1. The third kappa shape index (κ3) is 4.01. The number of carbonyl (C=O) groups excluding carboxylic acids is 1. The van der Waals surface area contributed by atoms with Crippen LogP contribution in [0.3, 0.4) is 0 Å². The summed E-state index contributed by atoms with van der Waals surface area (Å²) in [6.45, 7) is 2.27. The maximum Gasteiger partial charge on any atom is 0.344 e. The first-order valence-electron chi connectivity index (χ1n) is 5.01. The molecule has 0 amide bonds. The summed E-state index contributed by atoms with van der Waals surface area (Å²) in [4.78, 5) is 12.2. The summed E-state index contributed by atoms with van der Waals surface area (Å²) in [6, 6.07) is 0. The molecule has 0 saturated carbocycles. The number of ether oxygens (including phenoxy) is 1. The van der Waals surface area contributed by atoms with Crippen molar-refractivity contribution in [3.05, 3.63) is 23.1 Å². The lowest BCUT2D eigenvalue weighted by Crippen LogP contribution is -2.05. The molecule has 1 rings (SSSR count). The minimum Gasteiger partial charge on any atom is -0.462 e. The molecule has 3 heteroatoms. The van der Waals surface area contributed by atoms with Gasteiger partial charge >= 0.3 is 5.97 Å². The number of carbonyl (C=O) groups is 1. The second kappa shape index (κ2) is 6.71. The maximum absolute atomic E-state index is 11.4. The van der Waals surface area contributed by atoms with Crippen LogP contribution in [0.2, 0.25) is 0 Å². The van der Waals surface area contributed by atoms with Crippen molar-refractivity contribution in [3.63, 3.8) is 0 Å². The molecule has 0 N–H and O–H groups in total. The summed E-state index contributed by atoms with van der Waals surface area (Å²) in [5.74, 6) is 0.816. The average molecular weight is 212 g/mol. The van der Waals surface area contributed by atoms with E-state index in [9.17, 15) is 4.79 Å².